The summed E-state index contributed by atoms with van der Waals surface area (Å²) in [7, 11) is 0. The summed E-state index contributed by atoms with van der Waals surface area (Å²) in [6, 6.07) is 9.05. The first-order chi connectivity index (χ1) is 10.7. The largest absolute Gasteiger partial charge is 0.363 e. The molecule has 1 N–H and O–H groups in total. The van der Waals surface area contributed by atoms with Crippen molar-refractivity contribution in [3.05, 3.63) is 47.4 Å². The van der Waals surface area contributed by atoms with Crippen LogP contribution in [0.5, 0.6) is 0 Å². The van der Waals surface area contributed by atoms with Crippen LogP contribution in [0.3, 0.4) is 0 Å². The standard InChI is InChI=1S/C15H12ClN5O/c16-11-3-1-2-4-13(11)21-9-10(7-14(21)22)20-15-12(8-17)18-5-6-19-15/h1-6,10H,7,9H2,(H,19,20)/t10-/m1/s1. The zero-order valence-electron chi connectivity index (χ0n) is 11.5. The fourth-order valence-electron chi connectivity index (χ4n) is 2.43. The number of benzene rings is 1. The summed E-state index contributed by atoms with van der Waals surface area (Å²) in [5, 5.41) is 12.7. The highest BCUT2D eigenvalue weighted by atomic mass is 35.5. The van der Waals surface area contributed by atoms with Gasteiger partial charge in [0.05, 0.1) is 16.8 Å². The minimum Gasteiger partial charge on any atom is -0.363 e. The van der Waals surface area contributed by atoms with Crippen molar-refractivity contribution in [2.75, 3.05) is 16.8 Å². The Bertz CT molecular complexity index is 758. The fourth-order valence-corrected chi connectivity index (χ4v) is 2.66. The number of amides is 1. The lowest BCUT2D eigenvalue weighted by atomic mass is 10.2. The maximum Gasteiger partial charge on any atom is 0.229 e. The molecule has 1 atom stereocenters. The Labute approximate surface area is 132 Å². The van der Waals surface area contributed by atoms with Crippen LogP contribution >= 0.6 is 11.6 Å². The number of rotatable bonds is 3. The van der Waals surface area contributed by atoms with Gasteiger partial charge < -0.3 is 10.2 Å². The quantitative estimate of drug-likeness (QED) is 0.939. The van der Waals surface area contributed by atoms with E-state index in [9.17, 15) is 4.79 Å². The summed E-state index contributed by atoms with van der Waals surface area (Å²) in [6.07, 6.45) is 3.28. The molecule has 22 heavy (non-hydrogen) atoms. The molecular weight excluding hydrogens is 302 g/mol. The van der Waals surface area contributed by atoms with Gasteiger partial charge in [0.1, 0.15) is 6.07 Å². The number of halogens is 1. The summed E-state index contributed by atoms with van der Waals surface area (Å²) >= 11 is 6.15. The van der Waals surface area contributed by atoms with Gasteiger partial charge in [-0.25, -0.2) is 9.97 Å². The van der Waals surface area contributed by atoms with Gasteiger partial charge in [-0.2, -0.15) is 5.26 Å². The van der Waals surface area contributed by atoms with Gasteiger partial charge in [0, 0.05) is 25.4 Å². The van der Waals surface area contributed by atoms with Crippen molar-refractivity contribution in [1.29, 1.82) is 5.26 Å². The van der Waals surface area contributed by atoms with Gasteiger partial charge in [-0.15, -0.1) is 0 Å². The number of nitriles is 1. The van der Waals surface area contributed by atoms with Crippen LogP contribution in [0.15, 0.2) is 36.7 Å². The van der Waals surface area contributed by atoms with Crippen molar-refractivity contribution in [3.8, 4) is 6.07 Å². The molecule has 1 fully saturated rings. The first kappa shape index (κ1) is 14.3. The summed E-state index contributed by atoms with van der Waals surface area (Å²) in [5.41, 5.74) is 0.907. The number of hydrogen-bond acceptors (Lipinski definition) is 5. The molecule has 1 aromatic carbocycles. The molecule has 1 aliphatic rings. The van der Waals surface area contributed by atoms with E-state index in [-0.39, 0.29) is 17.6 Å². The highest BCUT2D eigenvalue weighted by Crippen LogP contribution is 2.29. The second-order valence-corrected chi connectivity index (χ2v) is 5.27. The highest BCUT2D eigenvalue weighted by Gasteiger charge is 2.32. The monoisotopic (exact) mass is 313 g/mol. The van der Waals surface area contributed by atoms with Crippen molar-refractivity contribution in [1.82, 2.24) is 9.97 Å². The van der Waals surface area contributed by atoms with E-state index in [0.717, 1.165) is 0 Å². The summed E-state index contributed by atoms with van der Waals surface area (Å²) < 4.78 is 0. The van der Waals surface area contributed by atoms with Crippen LogP contribution < -0.4 is 10.2 Å². The molecule has 6 nitrogen and oxygen atoms in total. The molecule has 1 amide bonds. The molecule has 1 saturated heterocycles. The van der Waals surface area contributed by atoms with Gasteiger partial charge in [0.25, 0.3) is 0 Å². The number of aromatic nitrogens is 2. The van der Waals surface area contributed by atoms with Crippen molar-refractivity contribution in [3.63, 3.8) is 0 Å². The van der Waals surface area contributed by atoms with E-state index in [2.05, 4.69) is 15.3 Å². The smallest absolute Gasteiger partial charge is 0.229 e. The van der Waals surface area contributed by atoms with Crippen molar-refractivity contribution in [2.24, 2.45) is 0 Å². The fraction of sp³-hybridized carbons (Fsp3) is 0.200. The predicted octanol–water partition coefficient (Wildman–Crippen LogP) is 2.22. The Morgan fingerprint density at radius 1 is 1.32 bits per heavy atom. The second kappa shape index (κ2) is 6.00. The zero-order valence-corrected chi connectivity index (χ0v) is 12.3. The zero-order chi connectivity index (χ0) is 15.5. The van der Waals surface area contributed by atoms with E-state index >= 15 is 0 Å². The van der Waals surface area contributed by atoms with Crippen LogP contribution in [0.25, 0.3) is 0 Å². The normalized spacial score (nSPS) is 17.4. The SMILES string of the molecule is N#Cc1nccnc1N[C@@H]1CC(=O)N(c2ccccc2Cl)C1. The molecule has 0 radical (unpaired) electrons. The van der Waals surface area contributed by atoms with E-state index in [0.29, 0.717) is 29.5 Å². The summed E-state index contributed by atoms with van der Waals surface area (Å²) in [4.78, 5) is 21.9. The lowest BCUT2D eigenvalue weighted by Crippen LogP contribution is -2.28. The second-order valence-electron chi connectivity index (χ2n) is 4.87. The molecule has 0 saturated carbocycles. The topological polar surface area (TPSA) is 81.9 Å². The van der Waals surface area contributed by atoms with Crippen LogP contribution in [0.4, 0.5) is 11.5 Å². The van der Waals surface area contributed by atoms with Crippen LogP contribution in [0, 0.1) is 11.3 Å². The van der Waals surface area contributed by atoms with Crippen molar-refractivity contribution in [2.45, 2.75) is 12.5 Å². The first-order valence-electron chi connectivity index (χ1n) is 6.71. The minimum atomic E-state index is -0.146. The molecule has 0 unspecified atom stereocenters. The van der Waals surface area contributed by atoms with Crippen LogP contribution in [0.2, 0.25) is 5.02 Å². The summed E-state index contributed by atoms with van der Waals surface area (Å²) in [6.45, 7) is 0.462. The number of carbonyl (C=O) groups excluding carboxylic acids is 1. The lowest BCUT2D eigenvalue weighted by molar-refractivity contribution is -0.117. The number of para-hydroxylation sites is 1. The van der Waals surface area contributed by atoms with E-state index in [1.165, 1.54) is 12.4 Å². The van der Waals surface area contributed by atoms with Gasteiger partial charge in [-0.05, 0) is 12.1 Å². The van der Waals surface area contributed by atoms with Crippen molar-refractivity contribution >= 4 is 29.0 Å². The molecule has 3 rings (SSSR count). The van der Waals surface area contributed by atoms with Crippen LogP contribution in [0.1, 0.15) is 12.1 Å². The van der Waals surface area contributed by atoms with E-state index in [4.69, 9.17) is 16.9 Å². The molecule has 0 spiro atoms. The number of nitrogens with zero attached hydrogens (tertiary/aromatic N) is 4. The third-order valence-corrected chi connectivity index (χ3v) is 3.73. The average Bonchev–Trinajstić information content (AvgIpc) is 2.89. The maximum absolute atomic E-state index is 12.2. The van der Waals surface area contributed by atoms with Crippen molar-refractivity contribution < 1.29 is 4.79 Å². The molecule has 2 aromatic rings. The van der Waals surface area contributed by atoms with Crippen LogP contribution in [-0.4, -0.2) is 28.5 Å². The van der Waals surface area contributed by atoms with Gasteiger partial charge in [0.2, 0.25) is 5.91 Å². The molecule has 7 heteroatoms. The number of hydrogen-bond donors (Lipinski definition) is 1. The maximum atomic E-state index is 12.2. The molecule has 0 bridgehead atoms. The molecule has 1 aromatic heterocycles. The molecule has 1 aliphatic heterocycles. The Balaban J connectivity index is 1.78. The van der Waals surface area contributed by atoms with Gasteiger partial charge in [-0.1, -0.05) is 23.7 Å². The summed E-state index contributed by atoms with van der Waals surface area (Å²) in [5.74, 6) is 0.372. The van der Waals surface area contributed by atoms with Crippen LogP contribution in [-0.2, 0) is 4.79 Å². The van der Waals surface area contributed by atoms with E-state index < -0.39 is 0 Å². The molecule has 2 heterocycles. The molecule has 0 aliphatic carbocycles. The number of carbonyl (C=O) groups is 1. The minimum absolute atomic E-state index is 0.0204. The van der Waals surface area contributed by atoms with Gasteiger partial charge in [0.15, 0.2) is 11.5 Å². The Hall–Kier alpha value is -2.65. The predicted molar refractivity (Wildman–Crippen MR) is 82.6 cm³/mol. The molecule has 110 valence electrons. The third kappa shape index (κ3) is 2.71. The lowest BCUT2D eigenvalue weighted by Gasteiger charge is -2.18. The van der Waals surface area contributed by atoms with E-state index in [1.54, 1.807) is 11.0 Å². The Morgan fingerprint density at radius 3 is 2.86 bits per heavy atom. The average molecular weight is 314 g/mol. The molecular formula is C15H12ClN5O. The first-order valence-corrected chi connectivity index (χ1v) is 7.09. The highest BCUT2D eigenvalue weighted by molar-refractivity contribution is 6.33. The Morgan fingerprint density at radius 2 is 2.09 bits per heavy atom. The Kier molecular flexibility index (Phi) is 3.90. The van der Waals surface area contributed by atoms with E-state index in [1.807, 2.05) is 24.3 Å². The number of anilines is 2. The van der Waals surface area contributed by atoms with Gasteiger partial charge in [-0.3, -0.25) is 4.79 Å². The van der Waals surface area contributed by atoms with Gasteiger partial charge >= 0.3 is 0 Å². The third-order valence-electron chi connectivity index (χ3n) is 3.41. The number of nitrogens with one attached hydrogen (secondary N) is 1.